The standard InChI is InChI=1S/C10H17N3O2/c1-4-11-8(3)6-12-10(14)9-5-7(2)13-15-9/h5,8,11H,4,6H2,1-3H3,(H,12,14)/t8-/m1/s1. The maximum absolute atomic E-state index is 11.5. The number of nitrogens with zero attached hydrogens (tertiary/aromatic N) is 1. The fraction of sp³-hybridized carbons (Fsp3) is 0.600. The molecule has 15 heavy (non-hydrogen) atoms. The smallest absolute Gasteiger partial charge is 0.289 e. The zero-order valence-electron chi connectivity index (χ0n) is 9.33. The van der Waals surface area contributed by atoms with Crippen LogP contribution < -0.4 is 10.6 Å². The molecule has 84 valence electrons. The van der Waals surface area contributed by atoms with Gasteiger partial charge in [-0.2, -0.15) is 0 Å². The third kappa shape index (κ3) is 3.71. The minimum atomic E-state index is -0.222. The number of aromatic nitrogens is 1. The predicted octanol–water partition coefficient (Wildman–Crippen LogP) is 0.711. The Bertz CT molecular complexity index is 322. The lowest BCUT2D eigenvalue weighted by Gasteiger charge is -2.11. The molecule has 0 saturated carbocycles. The van der Waals surface area contributed by atoms with Crippen LogP contribution in [0.15, 0.2) is 10.6 Å². The van der Waals surface area contributed by atoms with E-state index in [0.717, 1.165) is 6.54 Å². The van der Waals surface area contributed by atoms with Crippen LogP contribution in [-0.4, -0.2) is 30.2 Å². The third-order valence-corrected chi connectivity index (χ3v) is 1.97. The lowest BCUT2D eigenvalue weighted by atomic mass is 10.3. The average Bonchev–Trinajstić information content (AvgIpc) is 2.62. The fourth-order valence-corrected chi connectivity index (χ4v) is 1.22. The maximum Gasteiger partial charge on any atom is 0.289 e. The molecule has 0 aliphatic carbocycles. The van der Waals surface area contributed by atoms with Crippen molar-refractivity contribution in [3.8, 4) is 0 Å². The molecule has 0 bridgehead atoms. The van der Waals surface area contributed by atoms with E-state index in [1.54, 1.807) is 13.0 Å². The van der Waals surface area contributed by atoms with Gasteiger partial charge in [0.2, 0.25) is 5.76 Å². The van der Waals surface area contributed by atoms with E-state index < -0.39 is 0 Å². The number of carbonyl (C=O) groups is 1. The summed E-state index contributed by atoms with van der Waals surface area (Å²) in [6.07, 6.45) is 0. The highest BCUT2D eigenvalue weighted by molar-refractivity contribution is 5.91. The van der Waals surface area contributed by atoms with Gasteiger partial charge in [-0.05, 0) is 20.4 Å². The summed E-state index contributed by atoms with van der Waals surface area (Å²) in [5.41, 5.74) is 0.708. The van der Waals surface area contributed by atoms with Crippen LogP contribution in [0.4, 0.5) is 0 Å². The average molecular weight is 211 g/mol. The van der Waals surface area contributed by atoms with Gasteiger partial charge in [-0.15, -0.1) is 0 Å². The number of aryl methyl sites for hydroxylation is 1. The van der Waals surface area contributed by atoms with Crippen LogP contribution in [0.5, 0.6) is 0 Å². The molecule has 0 aliphatic heterocycles. The van der Waals surface area contributed by atoms with E-state index in [4.69, 9.17) is 4.52 Å². The molecule has 2 N–H and O–H groups in total. The third-order valence-electron chi connectivity index (χ3n) is 1.97. The highest BCUT2D eigenvalue weighted by Gasteiger charge is 2.11. The van der Waals surface area contributed by atoms with Crippen molar-refractivity contribution in [1.82, 2.24) is 15.8 Å². The molecule has 0 radical (unpaired) electrons. The van der Waals surface area contributed by atoms with E-state index in [1.165, 1.54) is 0 Å². The van der Waals surface area contributed by atoms with Crippen LogP contribution in [-0.2, 0) is 0 Å². The second kappa shape index (κ2) is 5.50. The Morgan fingerprint density at radius 3 is 2.93 bits per heavy atom. The highest BCUT2D eigenvalue weighted by Crippen LogP contribution is 2.01. The molecule has 1 aromatic rings. The monoisotopic (exact) mass is 211 g/mol. The second-order valence-corrected chi connectivity index (χ2v) is 3.50. The van der Waals surface area contributed by atoms with Gasteiger partial charge in [0, 0.05) is 18.7 Å². The Labute approximate surface area is 89.2 Å². The van der Waals surface area contributed by atoms with Gasteiger partial charge in [-0.3, -0.25) is 4.79 Å². The van der Waals surface area contributed by atoms with Crippen LogP contribution in [0.1, 0.15) is 30.1 Å². The summed E-state index contributed by atoms with van der Waals surface area (Å²) in [6.45, 7) is 7.28. The van der Waals surface area contributed by atoms with Crippen molar-refractivity contribution < 1.29 is 9.32 Å². The summed E-state index contributed by atoms with van der Waals surface area (Å²) in [5, 5.41) is 9.61. The van der Waals surface area contributed by atoms with Crippen molar-refractivity contribution >= 4 is 5.91 Å². The van der Waals surface area contributed by atoms with Gasteiger partial charge >= 0.3 is 0 Å². The van der Waals surface area contributed by atoms with Crippen molar-refractivity contribution in [1.29, 1.82) is 0 Å². The van der Waals surface area contributed by atoms with Gasteiger partial charge in [0.1, 0.15) is 0 Å². The van der Waals surface area contributed by atoms with Crippen LogP contribution in [0.2, 0.25) is 0 Å². The number of hydrogen-bond donors (Lipinski definition) is 2. The Balaban J connectivity index is 2.36. The Hall–Kier alpha value is -1.36. The largest absolute Gasteiger partial charge is 0.351 e. The molecular formula is C10H17N3O2. The molecule has 5 heteroatoms. The molecule has 0 aliphatic rings. The first kappa shape index (κ1) is 11.7. The normalized spacial score (nSPS) is 12.5. The topological polar surface area (TPSA) is 67.2 Å². The molecule has 0 fully saturated rings. The first-order valence-electron chi connectivity index (χ1n) is 5.08. The Morgan fingerprint density at radius 2 is 2.40 bits per heavy atom. The molecule has 0 aromatic carbocycles. The summed E-state index contributed by atoms with van der Waals surface area (Å²) in [6, 6.07) is 1.87. The summed E-state index contributed by atoms with van der Waals surface area (Å²) in [4.78, 5) is 11.5. The van der Waals surface area contributed by atoms with Crippen molar-refractivity contribution in [2.24, 2.45) is 0 Å². The number of likely N-dealkylation sites (N-methyl/N-ethyl adjacent to an activating group) is 1. The minimum Gasteiger partial charge on any atom is -0.351 e. The van der Waals surface area contributed by atoms with Gasteiger partial charge < -0.3 is 15.2 Å². The minimum absolute atomic E-state index is 0.222. The van der Waals surface area contributed by atoms with E-state index in [1.807, 2.05) is 13.8 Å². The fourth-order valence-electron chi connectivity index (χ4n) is 1.22. The van der Waals surface area contributed by atoms with E-state index in [9.17, 15) is 4.79 Å². The van der Waals surface area contributed by atoms with Crippen molar-refractivity contribution in [3.63, 3.8) is 0 Å². The molecular weight excluding hydrogens is 194 g/mol. The lowest BCUT2D eigenvalue weighted by Crippen LogP contribution is -2.38. The quantitative estimate of drug-likeness (QED) is 0.752. The SMILES string of the molecule is CCN[C@H](C)CNC(=O)c1cc(C)no1. The zero-order chi connectivity index (χ0) is 11.3. The molecule has 0 spiro atoms. The summed E-state index contributed by atoms with van der Waals surface area (Å²) < 4.78 is 4.84. The van der Waals surface area contributed by atoms with E-state index in [-0.39, 0.29) is 17.7 Å². The first-order chi connectivity index (χ1) is 7.13. The van der Waals surface area contributed by atoms with Gasteiger partial charge in [-0.25, -0.2) is 0 Å². The van der Waals surface area contributed by atoms with Crippen LogP contribution >= 0.6 is 0 Å². The van der Waals surface area contributed by atoms with Crippen LogP contribution in [0, 0.1) is 6.92 Å². The molecule has 0 unspecified atom stereocenters. The van der Waals surface area contributed by atoms with Crippen molar-refractivity contribution in [2.45, 2.75) is 26.8 Å². The molecule has 0 saturated heterocycles. The zero-order valence-corrected chi connectivity index (χ0v) is 9.33. The van der Waals surface area contributed by atoms with E-state index >= 15 is 0 Å². The maximum atomic E-state index is 11.5. The molecule has 1 heterocycles. The van der Waals surface area contributed by atoms with Crippen molar-refractivity contribution in [2.75, 3.05) is 13.1 Å². The lowest BCUT2D eigenvalue weighted by molar-refractivity contribution is 0.0913. The van der Waals surface area contributed by atoms with Crippen LogP contribution in [0.25, 0.3) is 0 Å². The molecule has 1 atom stereocenters. The van der Waals surface area contributed by atoms with E-state index in [2.05, 4.69) is 15.8 Å². The highest BCUT2D eigenvalue weighted by atomic mass is 16.5. The van der Waals surface area contributed by atoms with Gasteiger partial charge in [0.05, 0.1) is 5.69 Å². The predicted molar refractivity (Wildman–Crippen MR) is 56.7 cm³/mol. The van der Waals surface area contributed by atoms with Gasteiger partial charge in [0.15, 0.2) is 0 Å². The second-order valence-electron chi connectivity index (χ2n) is 3.50. The molecule has 5 nitrogen and oxygen atoms in total. The number of amides is 1. The number of nitrogens with one attached hydrogen (secondary N) is 2. The van der Waals surface area contributed by atoms with E-state index in [0.29, 0.717) is 12.2 Å². The first-order valence-corrected chi connectivity index (χ1v) is 5.08. The Morgan fingerprint density at radius 1 is 1.67 bits per heavy atom. The molecule has 1 rings (SSSR count). The number of rotatable bonds is 5. The summed E-state index contributed by atoms with van der Waals surface area (Å²) >= 11 is 0. The van der Waals surface area contributed by atoms with Crippen LogP contribution in [0.3, 0.4) is 0 Å². The number of hydrogen-bond acceptors (Lipinski definition) is 4. The Kier molecular flexibility index (Phi) is 4.30. The summed E-state index contributed by atoms with van der Waals surface area (Å²) in [5.74, 6) is 0.0385. The van der Waals surface area contributed by atoms with Gasteiger partial charge in [0.25, 0.3) is 5.91 Å². The molecule has 1 amide bonds. The summed E-state index contributed by atoms with van der Waals surface area (Å²) in [7, 11) is 0. The molecule has 1 aromatic heterocycles. The number of carbonyl (C=O) groups excluding carboxylic acids is 1. The van der Waals surface area contributed by atoms with Crippen molar-refractivity contribution in [3.05, 3.63) is 17.5 Å². The van der Waals surface area contributed by atoms with Gasteiger partial charge in [-0.1, -0.05) is 12.1 Å².